The van der Waals surface area contributed by atoms with Crippen molar-refractivity contribution in [3.05, 3.63) is 29.8 Å². The number of benzene rings is 1. The summed E-state index contributed by atoms with van der Waals surface area (Å²) < 4.78 is 0. The Bertz CT molecular complexity index is 472. The smallest absolute Gasteiger partial charge is 0.224 e. The molecule has 0 aromatic heterocycles. The lowest BCUT2D eigenvalue weighted by Gasteiger charge is -2.16. The number of phenols is 1. The normalized spacial score (nSPS) is 16.0. The molecule has 4 N–H and O–H groups in total. The van der Waals surface area contributed by atoms with Gasteiger partial charge < -0.3 is 16.2 Å². The van der Waals surface area contributed by atoms with Gasteiger partial charge in [-0.15, -0.1) is 0 Å². The van der Waals surface area contributed by atoms with Gasteiger partial charge in [-0.05, 0) is 36.5 Å². The van der Waals surface area contributed by atoms with E-state index in [1.807, 2.05) is 0 Å². The van der Waals surface area contributed by atoms with Crippen LogP contribution in [0.1, 0.15) is 18.4 Å². The van der Waals surface area contributed by atoms with E-state index in [2.05, 4.69) is 5.32 Å². The summed E-state index contributed by atoms with van der Waals surface area (Å²) in [6.07, 6.45) is 2.35. The molecular formula is C13H16N2O2S. The molecular weight excluding hydrogens is 248 g/mol. The largest absolute Gasteiger partial charge is 0.508 e. The average Bonchev–Trinajstić information content (AvgIpc) is 3.09. The van der Waals surface area contributed by atoms with Crippen molar-refractivity contribution in [2.75, 3.05) is 0 Å². The van der Waals surface area contributed by atoms with Crippen LogP contribution in [0.5, 0.6) is 5.75 Å². The van der Waals surface area contributed by atoms with Crippen LogP contribution in [0.2, 0.25) is 0 Å². The van der Waals surface area contributed by atoms with Gasteiger partial charge in [-0.25, -0.2) is 0 Å². The molecule has 1 aromatic rings. The maximum absolute atomic E-state index is 11.9. The van der Waals surface area contributed by atoms with E-state index >= 15 is 0 Å². The van der Waals surface area contributed by atoms with Crippen LogP contribution in [0.4, 0.5) is 0 Å². The number of thiocarbonyl (C=S) groups is 1. The van der Waals surface area contributed by atoms with E-state index in [1.54, 1.807) is 24.3 Å². The highest BCUT2D eigenvalue weighted by Crippen LogP contribution is 2.32. The maximum Gasteiger partial charge on any atom is 0.224 e. The monoisotopic (exact) mass is 264 g/mol. The summed E-state index contributed by atoms with van der Waals surface area (Å²) >= 11 is 4.96. The summed E-state index contributed by atoms with van der Waals surface area (Å²) in [4.78, 5) is 12.2. The third kappa shape index (κ3) is 3.43. The number of phenolic OH excluding ortho intramolecular Hbond substituents is 1. The molecule has 0 radical (unpaired) electrons. The van der Waals surface area contributed by atoms with Gasteiger partial charge in [0.2, 0.25) is 5.91 Å². The van der Waals surface area contributed by atoms with E-state index in [9.17, 15) is 9.90 Å². The van der Waals surface area contributed by atoms with Crippen molar-refractivity contribution >= 4 is 23.1 Å². The Hall–Kier alpha value is -1.62. The molecule has 0 aliphatic heterocycles. The molecule has 0 heterocycles. The molecule has 0 bridgehead atoms. The fraction of sp³-hybridized carbons (Fsp3) is 0.385. The predicted octanol–water partition coefficient (Wildman–Crippen LogP) is 1.12. The molecule has 1 aliphatic rings. The fourth-order valence-corrected chi connectivity index (χ4v) is 2.18. The SMILES string of the molecule is NC(=S)C(NC(=O)Cc1cccc(O)c1)C1CC1. The van der Waals surface area contributed by atoms with Gasteiger partial charge in [0, 0.05) is 0 Å². The van der Waals surface area contributed by atoms with Crippen molar-refractivity contribution in [3.63, 3.8) is 0 Å². The summed E-state index contributed by atoms with van der Waals surface area (Å²) in [5.74, 6) is 0.439. The Kier molecular flexibility index (Phi) is 3.81. The quantitative estimate of drug-likeness (QED) is 0.697. The minimum Gasteiger partial charge on any atom is -0.508 e. The third-order valence-electron chi connectivity index (χ3n) is 2.99. The second-order valence-corrected chi connectivity index (χ2v) is 5.10. The number of rotatable bonds is 5. The van der Waals surface area contributed by atoms with Crippen molar-refractivity contribution in [1.29, 1.82) is 0 Å². The van der Waals surface area contributed by atoms with Gasteiger partial charge in [-0.2, -0.15) is 0 Å². The van der Waals surface area contributed by atoms with Crippen LogP contribution < -0.4 is 11.1 Å². The summed E-state index contributed by atoms with van der Waals surface area (Å²) in [7, 11) is 0. The van der Waals surface area contributed by atoms with Crippen LogP contribution in [0, 0.1) is 5.92 Å². The fourth-order valence-electron chi connectivity index (χ4n) is 1.93. The second-order valence-electron chi connectivity index (χ2n) is 4.63. The number of carbonyl (C=O) groups is 1. The van der Waals surface area contributed by atoms with Crippen LogP contribution in [0.25, 0.3) is 0 Å². The van der Waals surface area contributed by atoms with Crippen LogP contribution in [-0.2, 0) is 11.2 Å². The average molecular weight is 264 g/mol. The molecule has 1 unspecified atom stereocenters. The van der Waals surface area contributed by atoms with Gasteiger partial charge in [0.1, 0.15) is 5.75 Å². The number of aromatic hydroxyl groups is 1. The molecule has 4 nitrogen and oxygen atoms in total. The molecule has 18 heavy (non-hydrogen) atoms. The lowest BCUT2D eigenvalue weighted by atomic mass is 10.1. The maximum atomic E-state index is 11.9. The first kappa shape index (κ1) is 12.8. The Morgan fingerprint density at radius 1 is 1.56 bits per heavy atom. The number of hydrogen-bond donors (Lipinski definition) is 3. The van der Waals surface area contributed by atoms with E-state index in [4.69, 9.17) is 18.0 Å². The summed E-state index contributed by atoms with van der Waals surface area (Å²) in [5, 5.41) is 12.2. The number of carbonyl (C=O) groups excluding carboxylic acids is 1. The summed E-state index contributed by atoms with van der Waals surface area (Å²) in [5.41, 5.74) is 6.39. The van der Waals surface area contributed by atoms with Gasteiger partial charge in [-0.1, -0.05) is 24.4 Å². The van der Waals surface area contributed by atoms with Crippen molar-refractivity contribution in [2.45, 2.75) is 25.3 Å². The highest BCUT2D eigenvalue weighted by Gasteiger charge is 2.33. The molecule has 1 aliphatic carbocycles. The minimum atomic E-state index is -0.190. The van der Waals surface area contributed by atoms with Gasteiger partial charge in [-0.3, -0.25) is 4.79 Å². The number of nitrogens with one attached hydrogen (secondary N) is 1. The van der Waals surface area contributed by atoms with Crippen molar-refractivity contribution < 1.29 is 9.90 Å². The zero-order valence-electron chi connectivity index (χ0n) is 9.93. The van der Waals surface area contributed by atoms with Gasteiger partial charge >= 0.3 is 0 Å². The molecule has 5 heteroatoms. The first-order valence-corrected chi connectivity index (χ1v) is 6.33. The predicted molar refractivity (Wildman–Crippen MR) is 73.3 cm³/mol. The van der Waals surface area contributed by atoms with E-state index < -0.39 is 0 Å². The Morgan fingerprint density at radius 2 is 2.28 bits per heavy atom. The topological polar surface area (TPSA) is 75.3 Å². The van der Waals surface area contributed by atoms with Gasteiger partial charge in [0.15, 0.2) is 0 Å². The van der Waals surface area contributed by atoms with Crippen molar-refractivity contribution in [3.8, 4) is 5.75 Å². The Morgan fingerprint density at radius 3 is 2.83 bits per heavy atom. The van der Waals surface area contributed by atoms with Gasteiger partial charge in [0.25, 0.3) is 0 Å². The van der Waals surface area contributed by atoms with Crippen LogP contribution in [0.3, 0.4) is 0 Å². The number of amides is 1. The lowest BCUT2D eigenvalue weighted by Crippen LogP contribution is -2.45. The van der Waals surface area contributed by atoms with Gasteiger partial charge in [0.05, 0.1) is 17.5 Å². The van der Waals surface area contributed by atoms with E-state index in [0.717, 1.165) is 18.4 Å². The summed E-state index contributed by atoms with van der Waals surface area (Å²) in [6, 6.07) is 6.47. The second kappa shape index (κ2) is 5.35. The molecule has 1 aromatic carbocycles. The molecule has 1 atom stereocenters. The Balaban J connectivity index is 1.93. The zero-order chi connectivity index (χ0) is 13.1. The van der Waals surface area contributed by atoms with Crippen molar-refractivity contribution in [2.24, 2.45) is 11.7 Å². The molecule has 0 spiro atoms. The third-order valence-corrected chi connectivity index (χ3v) is 3.25. The molecule has 2 rings (SSSR count). The molecule has 0 saturated heterocycles. The summed E-state index contributed by atoms with van der Waals surface area (Å²) in [6.45, 7) is 0. The van der Waals surface area contributed by atoms with Crippen LogP contribution >= 0.6 is 12.2 Å². The Labute approximate surface area is 111 Å². The number of hydrogen-bond acceptors (Lipinski definition) is 3. The van der Waals surface area contributed by atoms with E-state index in [0.29, 0.717) is 10.9 Å². The van der Waals surface area contributed by atoms with E-state index in [1.165, 1.54) is 0 Å². The number of nitrogens with two attached hydrogens (primary N) is 1. The first-order valence-electron chi connectivity index (χ1n) is 5.93. The highest BCUT2D eigenvalue weighted by molar-refractivity contribution is 7.80. The molecule has 1 amide bonds. The van der Waals surface area contributed by atoms with Crippen molar-refractivity contribution in [1.82, 2.24) is 5.32 Å². The molecule has 1 fully saturated rings. The van der Waals surface area contributed by atoms with Crippen LogP contribution in [0.15, 0.2) is 24.3 Å². The standard InChI is InChI=1S/C13H16N2O2S/c14-13(18)12(9-4-5-9)15-11(17)7-8-2-1-3-10(16)6-8/h1-3,6,9,12,16H,4-5,7H2,(H2,14,18)(H,15,17). The molecule has 96 valence electrons. The lowest BCUT2D eigenvalue weighted by molar-refractivity contribution is -0.120. The highest BCUT2D eigenvalue weighted by atomic mass is 32.1. The first-order chi connectivity index (χ1) is 8.56. The zero-order valence-corrected chi connectivity index (χ0v) is 10.7. The van der Waals surface area contributed by atoms with Crippen LogP contribution in [-0.4, -0.2) is 22.0 Å². The van der Waals surface area contributed by atoms with E-state index in [-0.39, 0.29) is 24.1 Å². The molecule has 1 saturated carbocycles. The minimum absolute atomic E-state index is 0.120.